The zero-order valence-electron chi connectivity index (χ0n) is 10.1. The van der Waals surface area contributed by atoms with Crippen molar-refractivity contribution in [1.29, 1.82) is 0 Å². The minimum Gasteiger partial charge on any atom is -0.491 e. The van der Waals surface area contributed by atoms with E-state index in [4.69, 9.17) is 16.3 Å². The summed E-state index contributed by atoms with van der Waals surface area (Å²) < 4.78 is 5.44. The number of nitrogens with one attached hydrogen (secondary N) is 1. The average Bonchev–Trinajstić information content (AvgIpc) is 2.40. The number of piperazine rings is 1. The van der Waals surface area contributed by atoms with Gasteiger partial charge in [0.25, 0.3) is 0 Å². The van der Waals surface area contributed by atoms with Gasteiger partial charge in [0, 0.05) is 38.4 Å². The molecule has 0 bridgehead atoms. The molecule has 5 nitrogen and oxygen atoms in total. The van der Waals surface area contributed by atoms with E-state index in [2.05, 4.69) is 10.3 Å². The van der Waals surface area contributed by atoms with E-state index in [-0.39, 0.29) is 5.91 Å². The van der Waals surface area contributed by atoms with Crippen molar-refractivity contribution in [2.24, 2.45) is 0 Å². The second-order valence-corrected chi connectivity index (χ2v) is 4.50. The number of carbonyl (C=O) groups excluding carboxylic acids is 1. The number of aromatic nitrogens is 1. The van der Waals surface area contributed by atoms with Crippen LogP contribution in [0.15, 0.2) is 18.5 Å². The molecular weight excluding hydrogens is 254 g/mol. The fourth-order valence-electron chi connectivity index (χ4n) is 1.80. The maximum Gasteiger partial charge on any atom is 0.226 e. The van der Waals surface area contributed by atoms with Gasteiger partial charge in [-0.1, -0.05) is 11.6 Å². The molecule has 0 spiro atoms. The average molecular weight is 270 g/mol. The summed E-state index contributed by atoms with van der Waals surface area (Å²) in [6.07, 6.45) is 3.51. The highest BCUT2D eigenvalue weighted by Gasteiger charge is 2.15. The number of nitrogens with zero attached hydrogens (tertiary/aromatic N) is 2. The van der Waals surface area contributed by atoms with Gasteiger partial charge in [-0.3, -0.25) is 9.78 Å². The first-order chi connectivity index (χ1) is 8.75. The van der Waals surface area contributed by atoms with Gasteiger partial charge in [-0.05, 0) is 0 Å². The van der Waals surface area contributed by atoms with Gasteiger partial charge in [0.15, 0.2) is 0 Å². The minimum absolute atomic E-state index is 0.131. The van der Waals surface area contributed by atoms with Crippen LogP contribution in [0.5, 0.6) is 5.75 Å². The summed E-state index contributed by atoms with van der Waals surface area (Å²) in [5.74, 6) is 0.724. The van der Waals surface area contributed by atoms with E-state index in [0.717, 1.165) is 26.2 Å². The highest BCUT2D eigenvalue weighted by atomic mass is 35.5. The number of pyridine rings is 1. The molecule has 18 heavy (non-hydrogen) atoms. The molecule has 1 aromatic rings. The number of amides is 1. The molecule has 1 saturated heterocycles. The Morgan fingerprint density at radius 1 is 1.44 bits per heavy atom. The van der Waals surface area contributed by atoms with Crippen LogP contribution in [-0.4, -0.2) is 48.6 Å². The zero-order chi connectivity index (χ0) is 12.8. The van der Waals surface area contributed by atoms with E-state index in [0.29, 0.717) is 23.8 Å². The fourth-order valence-corrected chi connectivity index (χ4v) is 1.96. The third-order valence-electron chi connectivity index (χ3n) is 2.73. The van der Waals surface area contributed by atoms with Crippen molar-refractivity contribution in [3.05, 3.63) is 23.5 Å². The highest BCUT2D eigenvalue weighted by molar-refractivity contribution is 6.30. The summed E-state index contributed by atoms with van der Waals surface area (Å²) >= 11 is 5.78. The van der Waals surface area contributed by atoms with Gasteiger partial charge in [-0.15, -0.1) is 0 Å². The van der Waals surface area contributed by atoms with Gasteiger partial charge >= 0.3 is 0 Å². The van der Waals surface area contributed by atoms with Gasteiger partial charge in [-0.25, -0.2) is 0 Å². The summed E-state index contributed by atoms with van der Waals surface area (Å²) in [6, 6.07) is 1.68. The third kappa shape index (κ3) is 3.85. The predicted molar refractivity (Wildman–Crippen MR) is 68.8 cm³/mol. The predicted octanol–water partition coefficient (Wildman–Crippen LogP) is 0.936. The normalized spacial score (nSPS) is 15.5. The lowest BCUT2D eigenvalue weighted by Crippen LogP contribution is -2.46. The second kappa shape index (κ2) is 6.56. The van der Waals surface area contributed by atoms with Gasteiger partial charge in [0.2, 0.25) is 5.91 Å². The van der Waals surface area contributed by atoms with E-state index in [1.165, 1.54) is 0 Å². The molecule has 1 amide bonds. The van der Waals surface area contributed by atoms with Gasteiger partial charge in [0.05, 0.1) is 24.2 Å². The van der Waals surface area contributed by atoms with Crippen LogP contribution in [0.3, 0.4) is 0 Å². The molecule has 0 atom stereocenters. The number of halogens is 1. The first kappa shape index (κ1) is 13.1. The quantitative estimate of drug-likeness (QED) is 0.884. The van der Waals surface area contributed by atoms with E-state index in [1.807, 2.05) is 4.90 Å². The molecular formula is C12H16ClN3O2. The zero-order valence-corrected chi connectivity index (χ0v) is 10.8. The van der Waals surface area contributed by atoms with Crippen LogP contribution < -0.4 is 10.1 Å². The van der Waals surface area contributed by atoms with Crippen LogP contribution >= 0.6 is 11.6 Å². The van der Waals surface area contributed by atoms with Crippen molar-refractivity contribution in [2.75, 3.05) is 32.8 Å². The standard InChI is InChI=1S/C12H16ClN3O2/c13-10-7-11(9-15-8-10)18-6-1-12(17)16-4-2-14-3-5-16/h7-9,14H,1-6H2. The molecule has 1 fully saturated rings. The van der Waals surface area contributed by atoms with Crippen molar-refractivity contribution in [3.8, 4) is 5.75 Å². The summed E-state index contributed by atoms with van der Waals surface area (Å²) in [5, 5.41) is 3.74. The van der Waals surface area contributed by atoms with Crippen LogP contribution in [0.2, 0.25) is 5.02 Å². The Morgan fingerprint density at radius 2 is 2.22 bits per heavy atom. The third-order valence-corrected chi connectivity index (χ3v) is 2.94. The molecule has 0 unspecified atom stereocenters. The molecule has 0 aliphatic carbocycles. The Labute approximate surface area is 111 Å². The molecule has 0 radical (unpaired) electrons. The first-order valence-electron chi connectivity index (χ1n) is 5.97. The first-order valence-corrected chi connectivity index (χ1v) is 6.35. The Hall–Kier alpha value is -1.33. The van der Waals surface area contributed by atoms with Crippen LogP contribution in [0.1, 0.15) is 6.42 Å². The Balaban J connectivity index is 1.73. The van der Waals surface area contributed by atoms with Crippen LogP contribution in [-0.2, 0) is 4.79 Å². The lowest BCUT2D eigenvalue weighted by atomic mass is 10.3. The largest absolute Gasteiger partial charge is 0.491 e. The maximum absolute atomic E-state index is 11.8. The number of ether oxygens (including phenoxy) is 1. The summed E-state index contributed by atoms with van der Waals surface area (Å²) in [5.41, 5.74) is 0. The molecule has 1 aliphatic rings. The van der Waals surface area contributed by atoms with Crippen LogP contribution in [0.4, 0.5) is 0 Å². The molecule has 1 aliphatic heterocycles. The smallest absolute Gasteiger partial charge is 0.226 e. The SMILES string of the molecule is O=C(CCOc1cncc(Cl)c1)N1CCNCC1. The summed E-state index contributed by atoms with van der Waals surface area (Å²) in [7, 11) is 0. The van der Waals surface area contributed by atoms with Crippen LogP contribution in [0.25, 0.3) is 0 Å². The maximum atomic E-state index is 11.8. The molecule has 6 heteroatoms. The fraction of sp³-hybridized carbons (Fsp3) is 0.500. The topological polar surface area (TPSA) is 54.5 Å². The molecule has 2 heterocycles. The number of hydrogen-bond donors (Lipinski definition) is 1. The number of rotatable bonds is 4. The van der Waals surface area contributed by atoms with Crippen molar-refractivity contribution < 1.29 is 9.53 Å². The molecule has 0 saturated carbocycles. The Bertz CT molecular complexity index is 408. The van der Waals surface area contributed by atoms with E-state index in [1.54, 1.807) is 18.5 Å². The summed E-state index contributed by atoms with van der Waals surface area (Å²) in [4.78, 5) is 17.6. The van der Waals surface area contributed by atoms with Crippen LogP contribution in [0, 0.1) is 0 Å². The molecule has 1 aromatic heterocycles. The van der Waals surface area contributed by atoms with Crippen molar-refractivity contribution in [2.45, 2.75) is 6.42 Å². The van der Waals surface area contributed by atoms with Crippen molar-refractivity contribution in [1.82, 2.24) is 15.2 Å². The second-order valence-electron chi connectivity index (χ2n) is 4.07. The Kier molecular flexibility index (Phi) is 4.78. The molecule has 0 aromatic carbocycles. The summed E-state index contributed by atoms with van der Waals surface area (Å²) in [6.45, 7) is 3.63. The van der Waals surface area contributed by atoms with Gasteiger partial charge in [-0.2, -0.15) is 0 Å². The lowest BCUT2D eigenvalue weighted by molar-refractivity contribution is -0.132. The molecule has 98 valence electrons. The van der Waals surface area contributed by atoms with Gasteiger partial charge < -0.3 is 15.0 Å². The molecule has 1 N–H and O–H groups in total. The number of hydrogen-bond acceptors (Lipinski definition) is 4. The number of carbonyl (C=O) groups is 1. The Morgan fingerprint density at radius 3 is 2.94 bits per heavy atom. The van der Waals surface area contributed by atoms with E-state index in [9.17, 15) is 4.79 Å². The van der Waals surface area contributed by atoms with E-state index < -0.39 is 0 Å². The van der Waals surface area contributed by atoms with Crippen molar-refractivity contribution >= 4 is 17.5 Å². The molecule has 2 rings (SSSR count). The highest BCUT2D eigenvalue weighted by Crippen LogP contribution is 2.15. The minimum atomic E-state index is 0.131. The van der Waals surface area contributed by atoms with E-state index >= 15 is 0 Å². The van der Waals surface area contributed by atoms with Gasteiger partial charge in [0.1, 0.15) is 5.75 Å². The van der Waals surface area contributed by atoms with Crippen molar-refractivity contribution in [3.63, 3.8) is 0 Å². The monoisotopic (exact) mass is 269 g/mol. The lowest BCUT2D eigenvalue weighted by Gasteiger charge is -2.27.